The van der Waals surface area contributed by atoms with Gasteiger partial charge in [0.2, 0.25) is 0 Å². The third kappa shape index (κ3) is 2.82. The van der Waals surface area contributed by atoms with Crippen LogP contribution in [0.3, 0.4) is 0 Å². The van der Waals surface area contributed by atoms with Crippen LogP contribution < -0.4 is 4.74 Å². The molecule has 2 nitrogen and oxygen atoms in total. The fraction of sp³-hybridized carbons (Fsp3) is 0.294. The Morgan fingerprint density at radius 2 is 1.65 bits per heavy atom. The Hall–Kier alpha value is -1.51. The van der Waals surface area contributed by atoms with Crippen LogP contribution in [0.4, 0.5) is 0 Å². The average molecular weight is 288 g/mol. The zero-order valence-corrected chi connectivity index (χ0v) is 12.3. The maximum absolute atomic E-state index is 6.49. The van der Waals surface area contributed by atoms with Gasteiger partial charge in [0.25, 0.3) is 0 Å². The lowest BCUT2D eigenvalue weighted by Gasteiger charge is -2.21. The number of hydrogen-bond acceptors (Lipinski definition) is 2. The van der Waals surface area contributed by atoms with Crippen LogP contribution in [0.1, 0.15) is 16.7 Å². The van der Waals surface area contributed by atoms with Gasteiger partial charge in [0.05, 0.1) is 7.11 Å². The highest BCUT2D eigenvalue weighted by atomic mass is 35.5. The quantitative estimate of drug-likeness (QED) is 0.793. The fourth-order valence-electron chi connectivity index (χ4n) is 2.77. The first-order valence-corrected chi connectivity index (χ1v) is 7.22. The van der Waals surface area contributed by atoms with Crippen LogP contribution >= 0.6 is 11.8 Å². The van der Waals surface area contributed by atoms with Crippen molar-refractivity contribution in [2.75, 3.05) is 7.11 Å². The van der Waals surface area contributed by atoms with Crippen LogP contribution in [0.2, 0.25) is 0 Å². The number of hydrogen-bond donors (Lipinski definition) is 0. The van der Waals surface area contributed by atoms with Gasteiger partial charge in [-0.15, -0.1) is 0 Å². The summed E-state index contributed by atoms with van der Waals surface area (Å²) in [5.41, 5.74) is 4.06. The molecule has 0 saturated heterocycles. The minimum atomic E-state index is 0.385. The summed E-state index contributed by atoms with van der Waals surface area (Å²) in [5, 5.41) is 0. The molecule has 0 fully saturated rings. The Morgan fingerprint density at radius 1 is 1.05 bits per heavy atom. The van der Waals surface area contributed by atoms with Crippen molar-refractivity contribution in [1.29, 1.82) is 0 Å². The van der Waals surface area contributed by atoms with E-state index in [9.17, 15) is 0 Å². The number of halogens is 1. The first-order chi connectivity index (χ1) is 9.76. The third-order valence-corrected chi connectivity index (χ3v) is 4.31. The van der Waals surface area contributed by atoms with Gasteiger partial charge in [-0.1, -0.05) is 36.4 Å². The standard InChI is InChI=1S/C17H18ClNO/c1-20-17-8-6-13(7-9-17)12-19(18)16-10-14-4-2-3-5-15(14)11-16/h2-9,16H,10-12H2,1H3. The van der Waals surface area contributed by atoms with Gasteiger partial charge >= 0.3 is 0 Å². The van der Waals surface area contributed by atoms with E-state index in [0.717, 1.165) is 25.1 Å². The van der Waals surface area contributed by atoms with E-state index in [1.807, 2.05) is 16.6 Å². The van der Waals surface area contributed by atoms with Crippen LogP contribution in [-0.4, -0.2) is 17.6 Å². The molecule has 20 heavy (non-hydrogen) atoms. The Balaban J connectivity index is 1.64. The maximum atomic E-state index is 6.49. The SMILES string of the molecule is COc1ccc(CN(Cl)C2Cc3ccccc3C2)cc1. The van der Waals surface area contributed by atoms with Crippen molar-refractivity contribution in [2.45, 2.75) is 25.4 Å². The van der Waals surface area contributed by atoms with Crippen molar-refractivity contribution in [3.05, 3.63) is 65.2 Å². The highest BCUT2D eigenvalue weighted by Gasteiger charge is 2.25. The van der Waals surface area contributed by atoms with Gasteiger partial charge in [0, 0.05) is 12.6 Å². The van der Waals surface area contributed by atoms with Crippen molar-refractivity contribution < 1.29 is 4.74 Å². The number of methoxy groups -OCH3 is 1. The van der Waals surface area contributed by atoms with Crippen LogP contribution in [0, 0.1) is 0 Å². The van der Waals surface area contributed by atoms with Crippen LogP contribution in [-0.2, 0) is 19.4 Å². The molecule has 0 bridgehead atoms. The minimum Gasteiger partial charge on any atom is -0.497 e. The van der Waals surface area contributed by atoms with Crippen LogP contribution in [0.15, 0.2) is 48.5 Å². The summed E-state index contributed by atoms with van der Waals surface area (Å²) in [4.78, 5) is 0. The van der Waals surface area contributed by atoms with Crippen molar-refractivity contribution in [2.24, 2.45) is 0 Å². The van der Waals surface area contributed by atoms with E-state index < -0.39 is 0 Å². The van der Waals surface area contributed by atoms with Crippen LogP contribution in [0.25, 0.3) is 0 Å². The van der Waals surface area contributed by atoms with Gasteiger partial charge in [-0.05, 0) is 53.4 Å². The molecule has 0 amide bonds. The predicted octanol–water partition coefficient (Wildman–Crippen LogP) is 3.82. The minimum absolute atomic E-state index is 0.385. The van der Waals surface area contributed by atoms with Gasteiger partial charge < -0.3 is 4.74 Å². The van der Waals surface area contributed by atoms with Gasteiger partial charge in [0.15, 0.2) is 0 Å². The molecule has 1 aliphatic carbocycles. The molecule has 0 spiro atoms. The van der Waals surface area contributed by atoms with Gasteiger partial charge in [-0.25, -0.2) is 4.42 Å². The van der Waals surface area contributed by atoms with Gasteiger partial charge in [-0.3, -0.25) is 0 Å². The van der Waals surface area contributed by atoms with E-state index in [4.69, 9.17) is 16.5 Å². The number of nitrogens with zero attached hydrogens (tertiary/aromatic N) is 1. The first-order valence-electron chi connectivity index (χ1n) is 6.88. The number of rotatable bonds is 4. The van der Waals surface area contributed by atoms with Crippen LogP contribution in [0.5, 0.6) is 5.75 Å². The molecule has 0 saturated carbocycles. The summed E-state index contributed by atoms with van der Waals surface area (Å²) < 4.78 is 7.10. The first kappa shape index (κ1) is 13.5. The lowest BCUT2D eigenvalue weighted by Crippen LogP contribution is -2.27. The molecule has 104 valence electrons. The molecule has 0 N–H and O–H groups in total. The fourth-order valence-corrected chi connectivity index (χ4v) is 3.04. The maximum Gasteiger partial charge on any atom is 0.118 e. The normalized spacial score (nSPS) is 14.6. The van der Waals surface area contributed by atoms with Crippen molar-refractivity contribution in [3.8, 4) is 5.75 Å². The Bertz CT molecular complexity index is 557. The molecule has 0 atom stereocenters. The molecule has 2 aromatic carbocycles. The second-order valence-corrected chi connectivity index (χ2v) is 5.67. The lowest BCUT2D eigenvalue weighted by molar-refractivity contribution is 0.341. The van der Waals surface area contributed by atoms with E-state index in [-0.39, 0.29) is 0 Å². The summed E-state index contributed by atoms with van der Waals surface area (Å²) in [6.07, 6.45) is 2.08. The molecule has 3 heteroatoms. The molecule has 0 aliphatic heterocycles. The van der Waals surface area contributed by atoms with Crippen molar-refractivity contribution in [1.82, 2.24) is 4.42 Å². The Kier molecular flexibility index (Phi) is 3.95. The molecule has 0 aromatic heterocycles. The van der Waals surface area contributed by atoms with E-state index in [2.05, 4.69) is 36.4 Å². The van der Waals surface area contributed by atoms with E-state index in [1.54, 1.807) is 7.11 Å². The lowest BCUT2D eigenvalue weighted by atomic mass is 10.1. The summed E-state index contributed by atoms with van der Waals surface area (Å²) in [7, 11) is 1.68. The van der Waals surface area contributed by atoms with Gasteiger partial charge in [0.1, 0.15) is 5.75 Å². The zero-order valence-electron chi connectivity index (χ0n) is 11.6. The monoisotopic (exact) mass is 287 g/mol. The summed E-state index contributed by atoms with van der Waals surface area (Å²) in [6.45, 7) is 0.754. The van der Waals surface area contributed by atoms with E-state index >= 15 is 0 Å². The van der Waals surface area contributed by atoms with Crippen molar-refractivity contribution >= 4 is 11.8 Å². The second-order valence-electron chi connectivity index (χ2n) is 5.24. The smallest absolute Gasteiger partial charge is 0.118 e. The number of ether oxygens (including phenoxy) is 1. The second kappa shape index (κ2) is 5.86. The largest absolute Gasteiger partial charge is 0.497 e. The van der Waals surface area contributed by atoms with E-state index in [1.165, 1.54) is 16.7 Å². The molecule has 0 heterocycles. The molecule has 0 unspecified atom stereocenters. The van der Waals surface area contributed by atoms with Crippen molar-refractivity contribution in [3.63, 3.8) is 0 Å². The predicted molar refractivity (Wildman–Crippen MR) is 82.0 cm³/mol. The Morgan fingerprint density at radius 3 is 2.20 bits per heavy atom. The summed E-state index contributed by atoms with van der Waals surface area (Å²) in [5.74, 6) is 0.878. The topological polar surface area (TPSA) is 12.5 Å². The molecule has 2 aromatic rings. The Labute approximate surface area is 125 Å². The highest BCUT2D eigenvalue weighted by Crippen LogP contribution is 2.27. The molecule has 3 rings (SSSR count). The molecular formula is C17H18ClNO. The number of fused-ring (bicyclic) bond motifs is 1. The average Bonchev–Trinajstić information content (AvgIpc) is 2.92. The van der Waals surface area contributed by atoms with E-state index in [0.29, 0.717) is 6.04 Å². The molecule has 1 aliphatic rings. The summed E-state index contributed by atoms with van der Waals surface area (Å²) >= 11 is 6.49. The number of benzene rings is 2. The zero-order chi connectivity index (χ0) is 13.9. The third-order valence-electron chi connectivity index (χ3n) is 3.92. The molecular weight excluding hydrogens is 270 g/mol. The molecule has 0 radical (unpaired) electrons. The van der Waals surface area contributed by atoms with Gasteiger partial charge in [-0.2, -0.15) is 0 Å². The highest BCUT2D eigenvalue weighted by molar-refractivity contribution is 6.13. The summed E-state index contributed by atoms with van der Waals surface area (Å²) in [6, 6.07) is 17.1.